The fourth-order valence-electron chi connectivity index (χ4n) is 3.39. The quantitative estimate of drug-likeness (QED) is 0.784. The third-order valence-corrected chi connectivity index (χ3v) is 4.78. The number of hydrogen-bond donors (Lipinski definition) is 1. The van der Waals surface area contributed by atoms with Gasteiger partial charge in [0.2, 0.25) is 0 Å². The zero-order valence-electron chi connectivity index (χ0n) is 14.1. The van der Waals surface area contributed by atoms with Crippen LogP contribution in [0.5, 0.6) is 0 Å². The Hall–Kier alpha value is -2.11. The zero-order valence-corrected chi connectivity index (χ0v) is 14.1. The molecule has 126 valence electrons. The Balaban J connectivity index is 1.27. The second kappa shape index (κ2) is 6.79. The van der Waals surface area contributed by atoms with Gasteiger partial charge in [0.1, 0.15) is 11.4 Å². The molecule has 0 aliphatic carbocycles. The van der Waals surface area contributed by atoms with E-state index in [0.717, 1.165) is 43.3 Å². The van der Waals surface area contributed by atoms with Crippen LogP contribution < -0.4 is 5.32 Å². The number of piperidine rings is 1. The molecule has 0 aromatic carbocycles. The first-order valence-electron chi connectivity index (χ1n) is 8.68. The number of rotatable bonds is 5. The summed E-state index contributed by atoms with van der Waals surface area (Å²) in [4.78, 5) is 7.16. The van der Waals surface area contributed by atoms with Crippen LogP contribution in [0.1, 0.15) is 29.9 Å². The molecule has 4 rings (SSSR count). The molecule has 0 atom stereocenters. The van der Waals surface area contributed by atoms with Gasteiger partial charge in [-0.3, -0.25) is 4.90 Å². The molecule has 5 heteroatoms. The predicted molar refractivity (Wildman–Crippen MR) is 93.8 cm³/mol. The monoisotopic (exact) mass is 324 g/mol. The molecule has 1 fully saturated rings. The lowest BCUT2D eigenvalue weighted by atomic mass is 10.0. The van der Waals surface area contributed by atoms with Crippen molar-refractivity contribution in [2.24, 2.45) is 0 Å². The van der Waals surface area contributed by atoms with Gasteiger partial charge < -0.3 is 14.1 Å². The van der Waals surface area contributed by atoms with Crippen molar-refractivity contribution in [3.63, 3.8) is 0 Å². The van der Waals surface area contributed by atoms with Crippen LogP contribution in [0.3, 0.4) is 0 Å². The lowest BCUT2D eigenvalue weighted by Gasteiger charge is -2.31. The number of furan rings is 1. The first-order chi connectivity index (χ1) is 11.8. The maximum atomic E-state index is 5.44. The molecule has 1 aliphatic heterocycles. The van der Waals surface area contributed by atoms with Gasteiger partial charge in [0.05, 0.1) is 18.5 Å². The number of nitrogens with zero attached hydrogens (tertiary/aromatic N) is 3. The predicted octanol–water partition coefficient (Wildman–Crippen LogP) is 2.99. The van der Waals surface area contributed by atoms with Crippen molar-refractivity contribution in [1.29, 1.82) is 0 Å². The van der Waals surface area contributed by atoms with Gasteiger partial charge >= 0.3 is 0 Å². The molecule has 0 unspecified atom stereocenters. The minimum absolute atomic E-state index is 0.574. The highest BCUT2D eigenvalue weighted by atomic mass is 16.3. The third-order valence-electron chi connectivity index (χ3n) is 4.78. The summed E-state index contributed by atoms with van der Waals surface area (Å²) < 4.78 is 7.53. The number of nitrogens with one attached hydrogen (secondary N) is 1. The Kier molecular flexibility index (Phi) is 4.36. The summed E-state index contributed by atoms with van der Waals surface area (Å²) in [5.74, 6) is 1.06. The van der Waals surface area contributed by atoms with Gasteiger partial charge in [0.25, 0.3) is 0 Å². The Bertz CT molecular complexity index is 785. The first kappa shape index (κ1) is 15.4. The number of hydrogen-bond acceptors (Lipinski definition) is 4. The number of likely N-dealkylation sites (tertiary alicyclic amines) is 1. The zero-order chi connectivity index (χ0) is 16.4. The van der Waals surface area contributed by atoms with Crippen LogP contribution >= 0.6 is 0 Å². The lowest BCUT2D eigenvalue weighted by molar-refractivity contribution is 0.178. The Labute approximate surface area is 142 Å². The van der Waals surface area contributed by atoms with Crippen LogP contribution in [-0.2, 0) is 13.1 Å². The van der Waals surface area contributed by atoms with Gasteiger partial charge in [0, 0.05) is 38.1 Å². The van der Waals surface area contributed by atoms with Gasteiger partial charge in [-0.1, -0.05) is 0 Å². The smallest absolute Gasteiger partial charge is 0.137 e. The molecule has 24 heavy (non-hydrogen) atoms. The standard InChI is InChI=1S/C19H24N4O/c1-15-4-9-23-13-17(21-19(23)11-15)12-20-16-5-7-22(8-6-16)14-18-3-2-10-24-18/h2-4,9-11,13,16,20H,5-8,12,14H2,1H3. The molecule has 4 heterocycles. The van der Waals surface area contributed by atoms with Gasteiger partial charge in [0.15, 0.2) is 0 Å². The summed E-state index contributed by atoms with van der Waals surface area (Å²) in [6.45, 7) is 6.09. The molecule has 3 aromatic heterocycles. The van der Waals surface area contributed by atoms with Crippen LogP contribution in [0, 0.1) is 6.92 Å². The van der Waals surface area contributed by atoms with E-state index in [-0.39, 0.29) is 0 Å². The molecule has 3 aromatic rings. The molecule has 1 N–H and O–H groups in total. The number of imidazole rings is 1. The topological polar surface area (TPSA) is 45.7 Å². The van der Waals surface area contributed by atoms with Crippen molar-refractivity contribution >= 4 is 5.65 Å². The van der Waals surface area contributed by atoms with Crippen molar-refractivity contribution in [2.75, 3.05) is 13.1 Å². The van der Waals surface area contributed by atoms with Gasteiger partial charge in [-0.25, -0.2) is 4.98 Å². The molecule has 0 radical (unpaired) electrons. The van der Waals surface area contributed by atoms with Crippen molar-refractivity contribution in [3.05, 3.63) is 59.9 Å². The number of aromatic nitrogens is 2. The van der Waals surface area contributed by atoms with E-state index in [1.807, 2.05) is 6.07 Å². The average Bonchev–Trinajstić information content (AvgIpc) is 3.23. The lowest BCUT2D eigenvalue weighted by Crippen LogP contribution is -2.41. The van der Waals surface area contributed by atoms with Gasteiger partial charge in [-0.2, -0.15) is 0 Å². The third kappa shape index (κ3) is 3.52. The summed E-state index contributed by atoms with van der Waals surface area (Å²) in [6.07, 6.45) is 8.29. The minimum Gasteiger partial charge on any atom is -0.468 e. The summed E-state index contributed by atoms with van der Waals surface area (Å²) in [7, 11) is 0. The summed E-state index contributed by atoms with van der Waals surface area (Å²) in [6, 6.07) is 8.82. The van der Waals surface area contributed by atoms with E-state index in [9.17, 15) is 0 Å². The van der Waals surface area contributed by atoms with Crippen molar-refractivity contribution in [1.82, 2.24) is 19.6 Å². The average molecular weight is 324 g/mol. The number of aryl methyl sites for hydroxylation is 1. The van der Waals surface area contributed by atoms with E-state index < -0.39 is 0 Å². The van der Waals surface area contributed by atoms with E-state index in [0.29, 0.717) is 6.04 Å². The second-order valence-corrected chi connectivity index (χ2v) is 6.71. The van der Waals surface area contributed by atoms with Crippen molar-refractivity contribution < 1.29 is 4.42 Å². The largest absolute Gasteiger partial charge is 0.468 e. The fraction of sp³-hybridized carbons (Fsp3) is 0.421. The number of pyridine rings is 1. The Morgan fingerprint density at radius 1 is 1.29 bits per heavy atom. The summed E-state index contributed by atoms with van der Waals surface area (Å²) in [5.41, 5.74) is 3.38. The Morgan fingerprint density at radius 3 is 2.96 bits per heavy atom. The molecule has 1 saturated heterocycles. The highest BCUT2D eigenvalue weighted by Gasteiger charge is 2.19. The van der Waals surface area contributed by atoms with Crippen LogP contribution in [0.4, 0.5) is 0 Å². The molecule has 5 nitrogen and oxygen atoms in total. The molecule has 0 amide bonds. The van der Waals surface area contributed by atoms with Crippen molar-refractivity contribution in [2.45, 2.75) is 38.9 Å². The van der Waals surface area contributed by atoms with E-state index in [2.05, 4.69) is 52.1 Å². The first-order valence-corrected chi connectivity index (χ1v) is 8.68. The molecular formula is C19H24N4O. The number of fused-ring (bicyclic) bond motifs is 1. The van der Waals surface area contributed by atoms with E-state index in [1.54, 1.807) is 6.26 Å². The van der Waals surface area contributed by atoms with Crippen LogP contribution in [-0.4, -0.2) is 33.4 Å². The normalized spacial score (nSPS) is 16.9. The van der Waals surface area contributed by atoms with E-state index in [1.165, 1.54) is 18.4 Å². The molecule has 0 spiro atoms. The van der Waals surface area contributed by atoms with E-state index in [4.69, 9.17) is 9.40 Å². The molecule has 1 aliphatic rings. The summed E-state index contributed by atoms with van der Waals surface area (Å²) >= 11 is 0. The molecular weight excluding hydrogens is 300 g/mol. The highest BCUT2D eigenvalue weighted by molar-refractivity contribution is 5.42. The minimum atomic E-state index is 0.574. The Morgan fingerprint density at radius 2 is 2.17 bits per heavy atom. The SMILES string of the molecule is Cc1ccn2cc(CNC3CCN(Cc4ccco4)CC3)nc2c1. The van der Waals surface area contributed by atoms with Gasteiger partial charge in [-0.05, 0) is 49.6 Å². The van der Waals surface area contributed by atoms with Crippen LogP contribution in [0.25, 0.3) is 5.65 Å². The summed E-state index contributed by atoms with van der Waals surface area (Å²) in [5, 5.41) is 3.67. The van der Waals surface area contributed by atoms with Crippen molar-refractivity contribution in [3.8, 4) is 0 Å². The highest BCUT2D eigenvalue weighted by Crippen LogP contribution is 2.15. The second-order valence-electron chi connectivity index (χ2n) is 6.71. The molecule has 0 saturated carbocycles. The van der Waals surface area contributed by atoms with E-state index >= 15 is 0 Å². The maximum Gasteiger partial charge on any atom is 0.137 e. The van der Waals surface area contributed by atoms with Gasteiger partial charge in [-0.15, -0.1) is 0 Å². The van der Waals surface area contributed by atoms with Crippen LogP contribution in [0.2, 0.25) is 0 Å². The van der Waals surface area contributed by atoms with Crippen LogP contribution in [0.15, 0.2) is 47.3 Å². The maximum absolute atomic E-state index is 5.44. The fourth-order valence-corrected chi connectivity index (χ4v) is 3.39. The molecule has 0 bridgehead atoms.